The molecule has 2 rings (SSSR count). The van der Waals surface area contributed by atoms with Gasteiger partial charge in [0.2, 0.25) is 10.0 Å². The van der Waals surface area contributed by atoms with Gasteiger partial charge < -0.3 is 10.3 Å². The predicted octanol–water partition coefficient (Wildman–Crippen LogP) is 1.60. The lowest BCUT2D eigenvalue weighted by Crippen LogP contribution is -2.26. The lowest BCUT2D eigenvalue weighted by atomic mass is 10.3. The van der Waals surface area contributed by atoms with Crippen molar-refractivity contribution in [1.29, 1.82) is 0 Å². The number of benzene rings is 1. The zero-order valence-corrected chi connectivity index (χ0v) is 13.1. The van der Waals surface area contributed by atoms with Gasteiger partial charge in [-0.25, -0.2) is 18.1 Å². The number of sulfonamides is 1. The first-order valence-corrected chi connectivity index (χ1v) is 8.27. The second-order valence-corrected chi connectivity index (χ2v) is 6.89. The number of nitrogen functional groups attached to an aromatic ring is 1. The van der Waals surface area contributed by atoms with Gasteiger partial charge in [-0.2, -0.15) is 0 Å². The van der Waals surface area contributed by atoms with E-state index in [4.69, 9.17) is 5.73 Å². The monoisotopic (exact) mass is 358 g/mol. The summed E-state index contributed by atoms with van der Waals surface area (Å²) in [6, 6.07) is 4.76. The molecule has 0 spiro atoms. The molecule has 0 aliphatic rings. The number of halogens is 1. The number of anilines is 1. The van der Waals surface area contributed by atoms with Crippen LogP contribution in [0.5, 0.6) is 0 Å². The molecule has 0 unspecified atom stereocenters. The van der Waals surface area contributed by atoms with Gasteiger partial charge in [-0.05, 0) is 24.6 Å². The largest absolute Gasteiger partial charge is 0.398 e. The van der Waals surface area contributed by atoms with Crippen LogP contribution in [0.15, 0.2) is 46.3 Å². The fourth-order valence-electron chi connectivity index (χ4n) is 1.71. The van der Waals surface area contributed by atoms with Gasteiger partial charge in [0.1, 0.15) is 4.90 Å². The van der Waals surface area contributed by atoms with Crippen LogP contribution in [0.4, 0.5) is 5.69 Å². The Kier molecular flexibility index (Phi) is 4.79. The second-order valence-electron chi connectivity index (χ2n) is 4.23. The summed E-state index contributed by atoms with van der Waals surface area (Å²) in [7, 11) is -3.58. The van der Waals surface area contributed by atoms with Crippen LogP contribution in [-0.4, -0.2) is 24.5 Å². The smallest absolute Gasteiger partial charge is 0.242 e. The topological polar surface area (TPSA) is 90.0 Å². The summed E-state index contributed by atoms with van der Waals surface area (Å²) >= 11 is 3.24. The number of rotatable bonds is 6. The highest BCUT2D eigenvalue weighted by molar-refractivity contribution is 9.10. The lowest BCUT2D eigenvalue weighted by Gasteiger charge is -2.09. The zero-order chi connectivity index (χ0) is 14.6. The van der Waals surface area contributed by atoms with Crippen LogP contribution in [0.2, 0.25) is 0 Å². The number of nitrogens with two attached hydrogens (primary N) is 1. The van der Waals surface area contributed by atoms with Gasteiger partial charge in [-0.15, -0.1) is 0 Å². The van der Waals surface area contributed by atoms with Crippen molar-refractivity contribution in [2.24, 2.45) is 0 Å². The molecule has 0 saturated carbocycles. The first-order valence-electron chi connectivity index (χ1n) is 5.99. The molecule has 0 radical (unpaired) electrons. The van der Waals surface area contributed by atoms with Crippen molar-refractivity contribution in [3.05, 3.63) is 41.4 Å². The van der Waals surface area contributed by atoms with E-state index >= 15 is 0 Å². The molecule has 1 heterocycles. The third-order valence-corrected chi connectivity index (χ3v) is 4.72. The van der Waals surface area contributed by atoms with Crippen molar-refractivity contribution in [2.45, 2.75) is 17.9 Å². The van der Waals surface area contributed by atoms with Crippen molar-refractivity contribution in [3.8, 4) is 0 Å². The van der Waals surface area contributed by atoms with Crippen molar-refractivity contribution in [2.75, 3.05) is 12.3 Å². The van der Waals surface area contributed by atoms with Crippen LogP contribution in [-0.2, 0) is 16.6 Å². The van der Waals surface area contributed by atoms with Gasteiger partial charge in [0, 0.05) is 30.0 Å². The fraction of sp³-hybridized carbons (Fsp3) is 0.250. The van der Waals surface area contributed by atoms with E-state index in [-0.39, 0.29) is 10.6 Å². The molecule has 1 aromatic carbocycles. The van der Waals surface area contributed by atoms with Gasteiger partial charge in [0.15, 0.2) is 0 Å². The molecule has 20 heavy (non-hydrogen) atoms. The molecule has 8 heteroatoms. The van der Waals surface area contributed by atoms with Gasteiger partial charge in [0.25, 0.3) is 0 Å². The molecule has 0 aliphatic carbocycles. The molecular weight excluding hydrogens is 344 g/mol. The van der Waals surface area contributed by atoms with Crippen LogP contribution in [0.3, 0.4) is 0 Å². The molecule has 0 aliphatic heterocycles. The average molecular weight is 359 g/mol. The SMILES string of the molecule is Nc1ccc(Br)cc1S(=O)(=O)NCCCn1ccnc1. The van der Waals surface area contributed by atoms with Crippen molar-refractivity contribution < 1.29 is 8.42 Å². The quantitative estimate of drug-likeness (QED) is 0.606. The molecule has 108 valence electrons. The number of nitrogens with one attached hydrogen (secondary N) is 1. The van der Waals surface area contributed by atoms with E-state index in [1.807, 2.05) is 10.8 Å². The number of aromatic nitrogens is 2. The average Bonchev–Trinajstić information content (AvgIpc) is 2.90. The van der Waals surface area contributed by atoms with Crippen molar-refractivity contribution >= 4 is 31.6 Å². The Balaban J connectivity index is 1.95. The highest BCUT2D eigenvalue weighted by Crippen LogP contribution is 2.22. The molecular formula is C12H15BrN4O2S. The summed E-state index contributed by atoms with van der Waals surface area (Å²) in [6.07, 6.45) is 5.89. The fourth-order valence-corrected chi connectivity index (χ4v) is 3.45. The summed E-state index contributed by atoms with van der Waals surface area (Å²) in [5.41, 5.74) is 5.94. The number of nitrogens with zero attached hydrogens (tertiary/aromatic N) is 2. The molecule has 0 bridgehead atoms. The van der Waals surface area contributed by atoms with Crippen LogP contribution in [0, 0.1) is 0 Å². The Bertz CT molecular complexity index is 671. The molecule has 2 aromatic rings. The first-order chi connectivity index (χ1) is 9.49. The van der Waals surface area contributed by atoms with Crippen LogP contribution >= 0.6 is 15.9 Å². The highest BCUT2D eigenvalue weighted by atomic mass is 79.9. The molecule has 0 atom stereocenters. The van der Waals surface area contributed by atoms with E-state index < -0.39 is 10.0 Å². The summed E-state index contributed by atoms with van der Waals surface area (Å²) in [6.45, 7) is 1.04. The third-order valence-electron chi connectivity index (χ3n) is 2.71. The first kappa shape index (κ1) is 15.0. The minimum atomic E-state index is -3.58. The Morgan fingerprint density at radius 3 is 2.90 bits per heavy atom. The van der Waals surface area contributed by atoms with E-state index in [9.17, 15) is 8.42 Å². The van der Waals surface area contributed by atoms with Gasteiger partial charge in [-0.1, -0.05) is 15.9 Å². The summed E-state index contributed by atoms with van der Waals surface area (Å²) in [4.78, 5) is 4.01. The Morgan fingerprint density at radius 1 is 1.40 bits per heavy atom. The number of hydrogen-bond acceptors (Lipinski definition) is 4. The maximum atomic E-state index is 12.1. The molecule has 0 saturated heterocycles. The Hall–Kier alpha value is -1.38. The van der Waals surface area contributed by atoms with E-state index in [0.29, 0.717) is 24.0 Å². The summed E-state index contributed by atoms with van der Waals surface area (Å²) < 4.78 is 29.4. The van der Waals surface area contributed by atoms with E-state index in [1.54, 1.807) is 24.7 Å². The predicted molar refractivity (Wildman–Crippen MR) is 80.6 cm³/mol. The number of imidazole rings is 1. The van der Waals surface area contributed by atoms with Crippen LogP contribution in [0.25, 0.3) is 0 Å². The summed E-state index contributed by atoms with van der Waals surface area (Å²) in [5, 5.41) is 0. The number of hydrogen-bond donors (Lipinski definition) is 2. The van der Waals surface area contributed by atoms with E-state index in [2.05, 4.69) is 25.6 Å². The molecule has 0 fully saturated rings. The van der Waals surface area contributed by atoms with E-state index in [1.165, 1.54) is 6.07 Å². The highest BCUT2D eigenvalue weighted by Gasteiger charge is 2.17. The van der Waals surface area contributed by atoms with Crippen LogP contribution < -0.4 is 10.5 Å². The minimum Gasteiger partial charge on any atom is -0.398 e. The van der Waals surface area contributed by atoms with Crippen molar-refractivity contribution in [3.63, 3.8) is 0 Å². The third kappa shape index (κ3) is 3.81. The van der Waals surface area contributed by atoms with E-state index in [0.717, 1.165) is 0 Å². The van der Waals surface area contributed by atoms with Crippen molar-refractivity contribution in [1.82, 2.24) is 14.3 Å². The maximum absolute atomic E-state index is 12.1. The zero-order valence-electron chi connectivity index (χ0n) is 10.7. The second kappa shape index (κ2) is 6.38. The van der Waals surface area contributed by atoms with Crippen LogP contribution in [0.1, 0.15) is 6.42 Å². The van der Waals surface area contributed by atoms with Gasteiger partial charge >= 0.3 is 0 Å². The number of aryl methyl sites for hydroxylation is 1. The summed E-state index contributed by atoms with van der Waals surface area (Å²) in [5.74, 6) is 0. The normalized spacial score (nSPS) is 11.7. The van der Waals surface area contributed by atoms with Gasteiger partial charge in [0.05, 0.1) is 12.0 Å². The maximum Gasteiger partial charge on any atom is 0.242 e. The molecule has 0 amide bonds. The minimum absolute atomic E-state index is 0.0921. The Labute approximate surface area is 126 Å². The lowest BCUT2D eigenvalue weighted by molar-refractivity contribution is 0.570. The molecule has 1 aromatic heterocycles. The Morgan fingerprint density at radius 2 is 2.20 bits per heavy atom. The standard InChI is InChI=1S/C12H15BrN4O2S/c13-10-2-3-11(14)12(8-10)20(18,19)16-4-1-6-17-7-5-15-9-17/h2-3,5,7-9,16H,1,4,6,14H2. The molecule has 3 N–H and O–H groups in total. The molecule has 6 nitrogen and oxygen atoms in total. The van der Waals surface area contributed by atoms with Gasteiger partial charge in [-0.3, -0.25) is 0 Å².